The second-order valence-corrected chi connectivity index (χ2v) is 12.5. The van der Waals surface area contributed by atoms with Crippen LogP contribution in [0.15, 0.2) is 108 Å². The fourth-order valence-corrected chi connectivity index (χ4v) is 7.07. The van der Waals surface area contributed by atoms with E-state index >= 15 is 0 Å². The van der Waals surface area contributed by atoms with Crippen LogP contribution in [-0.2, 0) is 10.8 Å². The fourth-order valence-electron chi connectivity index (χ4n) is 6.71. The van der Waals surface area contributed by atoms with Crippen LogP contribution in [0.25, 0.3) is 44.5 Å². The molecular formula is C36H29Br. The summed E-state index contributed by atoms with van der Waals surface area (Å²) < 4.78 is 1.15. The van der Waals surface area contributed by atoms with Gasteiger partial charge in [-0.2, -0.15) is 0 Å². The first kappa shape index (κ1) is 22.8. The highest BCUT2D eigenvalue weighted by Crippen LogP contribution is 2.56. The fraction of sp³-hybridized carbons (Fsp3) is 0.167. The lowest BCUT2D eigenvalue weighted by Gasteiger charge is -2.24. The van der Waals surface area contributed by atoms with Crippen molar-refractivity contribution in [3.63, 3.8) is 0 Å². The van der Waals surface area contributed by atoms with Crippen LogP contribution in [0.2, 0.25) is 0 Å². The topological polar surface area (TPSA) is 0 Å². The van der Waals surface area contributed by atoms with Crippen molar-refractivity contribution in [2.75, 3.05) is 0 Å². The Kier molecular flexibility index (Phi) is 4.79. The van der Waals surface area contributed by atoms with Crippen LogP contribution in [0, 0.1) is 0 Å². The van der Waals surface area contributed by atoms with Gasteiger partial charge in [-0.15, -0.1) is 0 Å². The minimum Gasteiger partial charge on any atom is -0.0622 e. The Morgan fingerprint density at radius 1 is 0.405 bits per heavy atom. The van der Waals surface area contributed by atoms with Crippen LogP contribution in [0.5, 0.6) is 0 Å². The van der Waals surface area contributed by atoms with Crippen LogP contribution in [0.4, 0.5) is 0 Å². The van der Waals surface area contributed by atoms with Gasteiger partial charge in [0.05, 0.1) is 0 Å². The standard InChI is InChI=1S/C36H29Br/c1-35(2)31-18-23(26-13-9-8-12-25(26)22-10-6-5-7-11-22)14-16-27(31)29-20-34-30(21-33(29)35)28-17-15-24(37)19-32(28)36(34,3)4/h5-21H,1-4H3. The van der Waals surface area contributed by atoms with Crippen molar-refractivity contribution in [1.29, 1.82) is 0 Å². The van der Waals surface area contributed by atoms with E-state index in [0.717, 1.165) is 4.47 Å². The molecular weight excluding hydrogens is 512 g/mol. The van der Waals surface area contributed by atoms with E-state index in [-0.39, 0.29) is 10.8 Å². The van der Waals surface area contributed by atoms with Crippen LogP contribution < -0.4 is 0 Å². The Labute approximate surface area is 228 Å². The zero-order chi connectivity index (χ0) is 25.5. The molecule has 1 heteroatoms. The van der Waals surface area contributed by atoms with Gasteiger partial charge in [0.1, 0.15) is 0 Å². The molecule has 0 aromatic heterocycles. The average Bonchev–Trinajstić information content (AvgIpc) is 3.27. The smallest absolute Gasteiger partial charge is 0.0178 e. The molecule has 0 spiro atoms. The molecule has 0 bridgehead atoms. The maximum atomic E-state index is 3.70. The number of benzene rings is 5. The third-order valence-corrected chi connectivity index (χ3v) is 9.25. The van der Waals surface area contributed by atoms with Gasteiger partial charge in [0.15, 0.2) is 0 Å². The zero-order valence-electron chi connectivity index (χ0n) is 21.7. The van der Waals surface area contributed by atoms with Gasteiger partial charge in [0, 0.05) is 15.3 Å². The summed E-state index contributed by atoms with van der Waals surface area (Å²) in [5, 5.41) is 0. The van der Waals surface area contributed by atoms with E-state index < -0.39 is 0 Å². The summed E-state index contributed by atoms with van der Waals surface area (Å²) in [6, 6.07) is 38.4. The molecule has 37 heavy (non-hydrogen) atoms. The van der Waals surface area contributed by atoms with Crippen molar-refractivity contribution in [3.8, 4) is 44.5 Å². The average molecular weight is 542 g/mol. The van der Waals surface area contributed by atoms with Crippen LogP contribution in [0.1, 0.15) is 49.9 Å². The predicted octanol–water partition coefficient (Wildman–Crippen LogP) is 10.4. The minimum atomic E-state index is -0.0698. The lowest BCUT2D eigenvalue weighted by molar-refractivity contribution is 0.652. The molecule has 0 unspecified atom stereocenters. The highest BCUT2D eigenvalue weighted by molar-refractivity contribution is 9.10. The number of hydrogen-bond acceptors (Lipinski definition) is 0. The Balaban J connectivity index is 1.40. The molecule has 0 radical (unpaired) electrons. The van der Waals surface area contributed by atoms with E-state index in [1.807, 2.05) is 0 Å². The van der Waals surface area contributed by atoms with Crippen LogP contribution >= 0.6 is 15.9 Å². The maximum Gasteiger partial charge on any atom is 0.0178 e. The summed E-state index contributed by atoms with van der Waals surface area (Å²) in [7, 11) is 0. The van der Waals surface area contributed by atoms with E-state index in [4.69, 9.17) is 0 Å². The molecule has 0 amide bonds. The number of fused-ring (bicyclic) bond motifs is 6. The lowest BCUT2D eigenvalue weighted by atomic mass is 9.79. The molecule has 0 aliphatic heterocycles. The van der Waals surface area contributed by atoms with Crippen molar-refractivity contribution in [2.24, 2.45) is 0 Å². The summed E-state index contributed by atoms with van der Waals surface area (Å²) in [6.07, 6.45) is 0. The van der Waals surface area contributed by atoms with Crippen molar-refractivity contribution in [3.05, 3.63) is 130 Å². The number of rotatable bonds is 2. The highest BCUT2D eigenvalue weighted by Gasteiger charge is 2.41. The molecule has 0 N–H and O–H groups in total. The molecule has 0 saturated heterocycles. The lowest BCUT2D eigenvalue weighted by Crippen LogP contribution is -2.17. The van der Waals surface area contributed by atoms with E-state index in [1.54, 1.807) is 0 Å². The molecule has 180 valence electrons. The SMILES string of the molecule is CC1(C)c2cc(Br)ccc2-c2cc3c(cc21)-c1ccc(-c2ccccc2-c2ccccc2)cc1C3(C)C. The van der Waals surface area contributed by atoms with E-state index in [0.29, 0.717) is 0 Å². The van der Waals surface area contributed by atoms with Crippen molar-refractivity contribution < 1.29 is 0 Å². The zero-order valence-corrected chi connectivity index (χ0v) is 23.3. The Bertz CT molecular complexity index is 1720. The summed E-state index contributed by atoms with van der Waals surface area (Å²) in [5.41, 5.74) is 16.2. The Morgan fingerprint density at radius 3 is 1.51 bits per heavy atom. The molecule has 2 aliphatic carbocycles. The molecule has 5 aromatic carbocycles. The first-order chi connectivity index (χ1) is 17.8. The van der Waals surface area contributed by atoms with Crippen LogP contribution in [-0.4, -0.2) is 0 Å². The maximum absolute atomic E-state index is 3.70. The third kappa shape index (κ3) is 3.20. The second-order valence-electron chi connectivity index (χ2n) is 11.6. The van der Waals surface area contributed by atoms with Gasteiger partial charge >= 0.3 is 0 Å². The molecule has 0 fully saturated rings. The monoisotopic (exact) mass is 540 g/mol. The Morgan fingerprint density at radius 2 is 0.892 bits per heavy atom. The predicted molar refractivity (Wildman–Crippen MR) is 160 cm³/mol. The quantitative estimate of drug-likeness (QED) is 0.209. The largest absolute Gasteiger partial charge is 0.0622 e. The van der Waals surface area contributed by atoms with Gasteiger partial charge in [-0.25, -0.2) is 0 Å². The van der Waals surface area contributed by atoms with Gasteiger partial charge in [-0.3, -0.25) is 0 Å². The van der Waals surface area contributed by atoms with E-state index in [9.17, 15) is 0 Å². The second kappa shape index (κ2) is 7.79. The highest BCUT2D eigenvalue weighted by atomic mass is 79.9. The van der Waals surface area contributed by atoms with Gasteiger partial charge < -0.3 is 0 Å². The third-order valence-electron chi connectivity index (χ3n) is 8.76. The first-order valence-electron chi connectivity index (χ1n) is 13.1. The van der Waals surface area contributed by atoms with Gasteiger partial charge in [0.25, 0.3) is 0 Å². The van der Waals surface area contributed by atoms with E-state index in [2.05, 4.69) is 147 Å². The number of halogens is 1. The van der Waals surface area contributed by atoms with Gasteiger partial charge in [0.2, 0.25) is 0 Å². The van der Waals surface area contributed by atoms with Gasteiger partial charge in [-0.1, -0.05) is 116 Å². The molecule has 2 aliphatic rings. The molecule has 0 heterocycles. The van der Waals surface area contributed by atoms with Crippen molar-refractivity contribution in [1.82, 2.24) is 0 Å². The molecule has 0 saturated carbocycles. The van der Waals surface area contributed by atoms with Crippen molar-refractivity contribution in [2.45, 2.75) is 38.5 Å². The normalized spacial score (nSPS) is 15.6. The van der Waals surface area contributed by atoms with E-state index in [1.165, 1.54) is 66.8 Å². The summed E-state index contributed by atoms with van der Waals surface area (Å²) in [5.74, 6) is 0. The molecule has 5 aromatic rings. The molecule has 0 atom stereocenters. The number of hydrogen-bond donors (Lipinski definition) is 0. The summed E-state index contributed by atoms with van der Waals surface area (Å²) >= 11 is 3.70. The van der Waals surface area contributed by atoms with Crippen molar-refractivity contribution >= 4 is 15.9 Å². The minimum absolute atomic E-state index is 0.0229. The van der Waals surface area contributed by atoms with Gasteiger partial charge in [-0.05, 0) is 97.1 Å². The summed E-state index contributed by atoms with van der Waals surface area (Å²) in [4.78, 5) is 0. The molecule has 0 nitrogen and oxygen atoms in total. The van der Waals surface area contributed by atoms with Crippen LogP contribution in [0.3, 0.4) is 0 Å². The summed E-state index contributed by atoms with van der Waals surface area (Å²) in [6.45, 7) is 9.50. The first-order valence-corrected chi connectivity index (χ1v) is 13.9. The molecule has 7 rings (SSSR count). The Hall–Kier alpha value is -3.42.